The van der Waals surface area contributed by atoms with Crippen molar-refractivity contribution in [3.05, 3.63) is 5.82 Å². The Morgan fingerprint density at radius 3 is 2.94 bits per heavy atom. The number of unbranched alkanes of at least 4 members (excludes halogenated alkanes) is 1. The van der Waals surface area contributed by atoms with Crippen molar-refractivity contribution in [2.45, 2.75) is 52.2 Å². The second-order valence-electron chi connectivity index (χ2n) is 5.58. The Morgan fingerprint density at radius 2 is 2.22 bits per heavy atom. The lowest BCUT2D eigenvalue weighted by Gasteiger charge is -2.42. The highest BCUT2D eigenvalue weighted by atomic mass is 15.5. The summed E-state index contributed by atoms with van der Waals surface area (Å²) in [5, 5.41) is 15.5. The van der Waals surface area contributed by atoms with Crippen LogP contribution in [0.4, 0.5) is 0 Å². The van der Waals surface area contributed by atoms with E-state index >= 15 is 0 Å². The summed E-state index contributed by atoms with van der Waals surface area (Å²) in [4.78, 5) is 2.46. The van der Waals surface area contributed by atoms with Crippen LogP contribution in [0.3, 0.4) is 0 Å². The van der Waals surface area contributed by atoms with Gasteiger partial charge in [0, 0.05) is 31.7 Å². The predicted octanol–water partition coefficient (Wildman–Crippen LogP) is 0.657. The lowest BCUT2D eigenvalue weighted by molar-refractivity contribution is 0.0782. The summed E-state index contributed by atoms with van der Waals surface area (Å²) in [5.41, 5.74) is 0.166. The van der Waals surface area contributed by atoms with Crippen LogP contribution in [0.25, 0.3) is 0 Å². The molecular weight excluding hydrogens is 228 g/mol. The number of hydrogen-bond donors (Lipinski definition) is 1. The molecule has 6 nitrogen and oxygen atoms in total. The topological polar surface area (TPSA) is 58.9 Å². The molecule has 0 unspecified atom stereocenters. The fraction of sp³-hybridized carbons (Fsp3) is 0.917. The lowest BCUT2D eigenvalue weighted by atomic mass is 10.0. The number of aromatic nitrogens is 4. The average molecular weight is 252 g/mol. The van der Waals surface area contributed by atoms with Crippen LogP contribution >= 0.6 is 0 Å². The van der Waals surface area contributed by atoms with E-state index in [-0.39, 0.29) is 5.54 Å². The van der Waals surface area contributed by atoms with E-state index in [1.165, 1.54) is 6.42 Å². The summed E-state index contributed by atoms with van der Waals surface area (Å²) in [5.74, 6) is 0.985. The van der Waals surface area contributed by atoms with Crippen LogP contribution in [0.15, 0.2) is 0 Å². The summed E-state index contributed by atoms with van der Waals surface area (Å²) in [6, 6.07) is 0. The van der Waals surface area contributed by atoms with Crippen LogP contribution in [0.1, 0.15) is 39.4 Å². The molecule has 0 radical (unpaired) electrons. The van der Waals surface area contributed by atoms with Gasteiger partial charge in [-0.3, -0.25) is 4.90 Å². The van der Waals surface area contributed by atoms with Crippen molar-refractivity contribution in [1.29, 1.82) is 0 Å². The molecule has 0 spiro atoms. The van der Waals surface area contributed by atoms with Crippen molar-refractivity contribution >= 4 is 0 Å². The fourth-order valence-corrected chi connectivity index (χ4v) is 2.30. The molecule has 1 N–H and O–H groups in total. The Balaban J connectivity index is 2.01. The molecule has 1 aromatic rings. The van der Waals surface area contributed by atoms with E-state index in [1.807, 2.05) is 4.68 Å². The van der Waals surface area contributed by atoms with Crippen LogP contribution < -0.4 is 5.32 Å². The number of nitrogens with zero attached hydrogens (tertiary/aromatic N) is 5. The standard InChI is InChI=1S/C12H24N6/c1-4-5-7-18-11(14-15-16-18)9-17-8-6-13-10-12(17,2)3/h13H,4-10H2,1-3H3. The smallest absolute Gasteiger partial charge is 0.165 e. The van der Waals surface area contributed by atoms with Gasteiger partial charge in [-0.25, -0.2) is 4.68 Å². The number of rotatable bonds is 5. The van der Waals surface area contributed by atoms with Gasteiger partial charge in [0.15, 0.2) is 5.82 Å². The summed E-state index contributed by atoms with van der Waals surface area (Å²) in [6.45, 7) is 11.6. The average Bonchev–Trinajstić information content (AvgIpc) is 2.76. The zero-order valence-corrected chi connectivity index (χ0v) is 11.7. The lowest BCUT2D eigenvalue weighted by Crippen LogP contribution is -2.57. The first-order valence-corrected chi connectivity index (χ1v) is 6.84. The molecule has 0 saturated carbocycles. The van der Waals surface area contributed by atoms with E-state index in [4.69, 9.17) is 0 Å². The van der Waals surface area contributed by atoms with E-state index in [0.717, 1.165) is 45.0 Å². The monoisotopic (exact) mass is 252 g/mol. The number of piperazine rings is 1. The van der Waals surface area contributed by atoms with E-state index < -0.39 is 0 Å². The van der Waals surface area contributed by atoms with E-state index in [2.05, 4.69) is 46.5 Å². The molecule has 0 bridgehead atoms. The van der Waals surface area contributed by atoms with E-state index in [1.54, 1.807) is 0 Å². The molecule has 2 rings (SSSR count). The molecule has 1 fully saturated rings. The van der Waals surface area contributed by atoms with Crippen LogP contribution in [-0.4, -0.2) is 50.3 Å². The van der Waals surface area contributed by atoms with Crippen LogP contribution in [-0.2, 0) is 13.1 Å². The molecule has 1 aliphatic heterocycles. The minimum atomic E-state index is 0.166. The SMILES string of the molecule is CCCCn1nnnc1CN1CCNCC1(C)C. The Bertz CT molecular complexity index is 372. The van der Waals surface area contributed by atoms with Crippen LogP contribution in [0, 0.1) is 0 Å². The third-order valence-electron chi connectivity index (χ3n) is 3.63. The normalized spacial score (nSPS) is 20.2. The molecular formula is C12H24N6. The third kappa shape index (κ3) is 3.05. The first kappa shape index (κ1) is 13.4. The number of nitrogens with one attached hydrogen (secondary N) is 1. The quantitative estimate of drug-likeness (QED) is 0.834. The van der Waals surface area contributed by atoms with E-state index in [0.29, 0.717) is 0 Å². The molecule has 0 aromatic carbocycles. The van der Waals surface area contributed by atoms with Gasteiger partial charge in [-0.1, -0.05) is 13.3 Å². The van der Waals surface area contributed by atoms with Crippen molar-refractivity contribution in [3.63, 3.8) is 0 Å². The highest BCUT2D eigenvalue weighted by molar-refractivity contribution is 4.92. The van der Waals surface area contributed by atoms with E-state index in [9.17, 15) is 0 Å². The summed E-state index contributed by atoms with van der Waals surface area (Å²) >= 11 is 0. The maximum Gasteiger partial charge on any atom is 0.165 e. The number of hydrogen-bond acceptors (Lipinski definition) is 5. The zero-order chi connectivity index (χ0) is 13.0. The van der Waals surface area contributed by atoms with Crippen LogP contribution in [0.5, 0.6) is 0 Å². The molecule has 0 aliphatic carbocycles. The predicted molar refractivity (Wildman–Crippen MR) is 70.1 cm³/mol. The van der Waals surface area contributed by atoms with Gasteiger partial charge < -0.3 is 5.32 Å². The molecule has 1 aliphatic rings. The largest absolute Gasteiger partial charge is 0.314 e. The number of aryl methyl sites for hydroxylation is 1. The van der Waals surface area contributed by atoms with Gasteiger partial charge >= 0.3 is 0 Å². The Labute approximate surface area is 109 Å². The summed E-state index contributed by atoms with van der Waals surface area (Å²) in [7, 11) is 0. The molecule has 102 valence electrons. The van der Waals surface area contributed by atoms with Crippen molar-refractivity contribution in [1.82, 2.24) is 30.4 Å². The Hall–Kier alpha value is -1.01. The Kier molecular flexibility index (Phi) is 4.29. The second-order valence-corrected chi connectivity index (χ2v) is 5.58. The number of tetrazole rings is 1. The molecule has 0 atom stereocenters. The molecule has 1 aromatic heterocycles. The minimum Gasteiger partial charge on any atom is -0.314 e. The summed E-state index contributed by atoms with van der Waals surface area (Å²) in [6.07, 6.45) is 2.29. The first-order chi connectivity index (χ1) is 8.63. The maximum atomic E-state index is 4.17. The first-order valence-electron chi connectivity index (χ1n) is 6.84. The van der Waals surface area contributed by atoms with Gasteiger partial charge in [0.05, 0.1) is 6.54 Å². The zero-order valence-electron chi connectivity index (χ0n) is 11.7. The third-order valence-corrected chi connectivity index (χ3v) is 3.63. The highest BCUT2D eigenvalue weighted by Gasteiger charge is 2.30. The van der Waals surface area contributed by atoms with Gasteiger partial charge in [-0.2, -0.15) is 0 Å². The second kappa shape index (κ2) is 5.75. The van der Waals surface area contributed by atoms with Gasteiger partial charge in [-0.15, -0.1) is 5.10 Å². The van der Waals surface area contributed by atoms with Crippen molar-refractivity contribution in [2.24, 2.45) is 0 Å². The maximum absolute atomic E-state index is 4.17. The van der Waals surface area contributed by atoms with Crippen molar-refractivity contribution in [3.8, 4) is 0 Å². The fourth-order valence-electron chi connectivity index (χ4n) is 2.30. The highest BCUT2D eigenvalue weighted by Crippen LogP contribution is 2.18. The van der Waals surface area contributed by atoms with Gasteiger partial charge in [0.25, 0.3) is 0 Å². The molecule has 2 heterocycles. The molecule has 18 heavy (non-hydrogen) atoms. The molecule has 0 amide bonds. The van der Waals surface area contributed by atoms with Crippen molar-refractivity contribution < 1.29 is 0 Å². The summed E-state index contributed by atoms with van der Waals surface area (Å²) < 4.78 is 1.95. The minimum absolute atomic E-state index is 0.166. The Morgan fingerprint density at radius 1 is 1.39 bits per heavy atom. The molecule has 1 saturated heterocycles. The van der Waals surface area contributed by atoms with Gasteiger partial charge in [0.2, 0.25) is 0 Å². The van der Waals surface area contributed by atoms with Crippen molar-refractivity contribution in [2.75, 3.05) is 19.6 Å². The van der Waals surface area contributed by atoms with Gasteiger partial charge in [-0.05, 0) is 30.7 Å². The van der Waals surface area contributed by atoms with Crippen LogP contribution in [0.2, 0.25) is 0 Å². The molecule has 6 heteroatoms. The van der Waals surface area contributed by atoms with Gasteiger partial charge in [0.1, 0.15) is 0 Å².